The van der Waals surface area contributed by atoms with Gasteiger partial charge in [-0.1, -0.05) is 3.89 Å². The lowest BCUT2D eigenvalue weighted by molar-refractivity contribution is 0.128. The second-order valence-corrected chi connectivity index (χ2v) is 2.46. The van der Waals surface area contributed by atoms with Crippen molar-refractivity contribution in [2.75, 3.05) is 6.61 Å². The molecule has 0 bridgehead atoms. The van der Waals surface area contributed by atoms with Gasteiger partial charge in [0, 0.05) is 0 Å². The van der Waals surface area contributed by atoms with Crippen LogP contribution in [0.25, 0.3) is 0 Å². The number of hydrogen-bond acceptors (Lipinski definition) is 4. The average Bonchev–Trinajstić information content (AvgIpc) is 1.62. The van der Waals surface area contributed by atoms with Crippen LogP contribution >= 0.6 is 0 Å². The molecule has 0 saturated carbocycles. The third-order valence-corrected chi connectivity index (χ3v) is 1.09. The molecule has 6 heteroatoms. The van der Waals surface area contributed by atoms with Crippen molar-refractivity contribution in [1.29, 1.82) is 0 Å². The number of aliphatic hydroxyl groups excluding tert-OH is 1. The maximum absolute atomic E-state index is 11.5. The van der Waals surface area contributed by atoms with Crippen LogP contribution in [0.15, 0.2) is 0 Å². The van der Waals surface area contributed by atoms with Gasteiger partial charge in [0.25, 0.3) is 0 Å². The molecule has 9 heavy (non-hydrogen) atoms. The highest BCUT2D eigenvalue weighted by molar-refractivity contribution is 7.81. The standard InChI is InChI=1S/C3H7FO4S/c1-3(2-5)8-9(4,6)7/h3,5H,2H2,1H3. The van der Waals surface area contributed by atoms with Crippen LogP contribution in [-0.4, -0.2) is 26.2 Å². The van der Waals surface area contributed by atoms with E-state index in [0.717, 1.165) is 0 Å². The molecule has 0 rings (SSSR count). The lowest BCUT2D eigenvalue weighted by atomic mass is 10.5. The molecule has 0 aromatic heterocycles. The van der Waals surface area contributed by atoms with Gasteiger partial charge >= 0.3 is 10.5 Å². The summed E-state index contributed by atoms with van der Waals surface area (Å²) in [6.45, 7) is 0.709. The SMILES string of the molecule is CC(CO)OS(=O)(=O)F. The summed E-state index contributed by atoms with van der Waals surface area (Å²) in [6.07, 6.45) is -1.01. The molecular formula is C3H7FO4S. The molecule has 0 saturated heterocycles. The molecule has 56 valence electrons. The number of rotatable bonds is 3. The number of aliphatic hydroxyl groups is 1. The minimum Gasteiger partial charge on any atom is -0.394 e. The molecule has 0 heterocycles. The van der Waals surface area contributed by atoms with Gasteiger partial charge < -0.3 is 5.11 Å². The lowest BCUT2D eigenvalue weighted by Gasteiger charge is -2.02. The first-order valence-corrected chi connectivity index (χ1v) is 3.50. The third kappa shape index (κ3) is 5.67. The maximum Gasteiger partial charge on any atom is 0.437 e. The first-order chi connectivity index (χ1) is 3.95. The van der Waals surface area contributed by atoms with Crippen molar-refractivity contribution in [1.82, 2.24) is 0 Å². The van der Waals surface area contributed by atoms with E-state index in [0.29, 0.717) is 0 Å². The highest BCUT2D eigenvalue weighted by atomic mass is 32.3. The van der Waals surface area contributed by atoms with Crippen LogP contribution in [0, 0.1) is 0 Å². The molecule has 0 fully saturated rings. The van der Waals surface area contributed by atoms with E-state index in [1.807, 2.05) is 0 Å². The van der Waals surface area contributed by atoms with E-state index < -0.39 is 23.2 Å². The zero-order valence-corrected chi connectivity index (χ0v) is 5.56. The normalized spacial score (nSPS) is 15.4. The maximum atomic E-state index is 11.5. The Morgan fingerprint density at radius 2 is 2.22 bits per heavy atom. The van der Waals surface area contributed by atoms with E-state index in [1.165, 1.54) is 6.92 Å². The van der Waals surface area contributed by atoms with Gasteiger partial charge in [-0.2, -0.15) is 8.42 Å². The molecule has 0 aromatic rings. The largest absolute Gasteiger partial charge is 0.437 e. The first kappa shape index (κ1) is 8.80. The Bertz CT molecular complexity index is 163. The van der Waals surface area contributed by atoms with Crippen molar-refractivity contribution in [2.45, 2.75) is 13.0 Å². The van der Waals surface area contributed by atoms with Gasteiger partial charge in [-0.15, -0.1) is 0 Å². The topological polar surface area (TPSA) is 63.6 Å². The molecule has 0 amide bonds. The Morgan fingerprint density at radius 1 is 1.78 bits per heavy atom. The molecule has 1 atom stereocenters. The van der Waals surface area contributed by atoms with Gasteiger partial charge in [-0.3, -0.25) is 0 Å². The highest BCUT2D eigenvalue weighted by Gasteiger charge is 2.12. The smallest absolute Gasteiger partial charge is 0.394 e. The number of halogens is 1. The van der Waals surface area contributed by atoms with Crippen molar-refractivity contribution in [3.05, 3.63) is 0 Å². The van der Waals surface area contributed by atoms with Gasteiger partial charge in [0.15, 0.2) is 0 Å². The fraction of sp³-hybridized carbons (Fsp3) is 1.00. The van der Waals surface area contributed by atoms with Crippen LogP contribution < -0.4 is 0 Å². The van der Waals surface area contributed by atoms with Crippen molar-refractivity contribution in [3.63, 3.8) is 0 Å². The summed E-state index contributed by atoms with van der Waals surface area (Å²) in [7, 11) is -4.90. The van der Waals surface area contributed by atoms with E-state index in [2.05, 4.69) is 4.18 Å². The molecule has 0 aliphatic rings. The second kappa shape index (κ2) is 3.09. The Balaban J connectivity index is 3.75. The van der Waals surface area contributed by atoms with E-state index in [4.69, 9.17) is 5.11 Å². The summed E-state index contributed by atoms with van der Waals surface area (Å²) in [6, 6.07) is 0. The molecule has 0 aromatic carbocycles. The molecule has 0 aliphatic heterocycles. The minimum atomic E-state index is -4.90. The minimum absolute atomic E-state index is 0.525. The van der Waals surface area contributed by atoms with Crippen LogP contribution in [-0.2, 0) is 14.7 Å². The molecule has 1 N–H and O–H groups in total. The van der Waals surface area contributed by atoms with Crippen molar-refractivity contribution >= 4 is 10.5 Å². The van der Waals surface area contributed by atoms with Crippen LogP contribution in [0.2, 0.25) is 0 Å². The van der Waals surface area contributed by atoms with Crippen molar-refractivity contribution < 1.29 is 21.6 Å². The van der Waals surface area contributed by atoms with Crippen molar-refractivity contribution in [2.24, 2.45) is 0 Å². The van der Waals surface area contributed by atoms with Gasteiger partial charge in [0.2, 0.25) is 0 Å². The fourth-order valence-electron chi connectivity index (χ4n) is 0.227. The summed E-state index contributed by atoms with van der Waals surface area (Å²) in [4.78, 5) is 0. The van der Waals surface area contributed by atoms with E-state index in [9.17, 15) is 12.3 Å². The van der Waals surface area contributed by atoms with Crippen LogP contribution in [0.3, 0.4) is 0 Å². The predicted octanol–water partition coefficient (Wildman–Crippen LogP) is -0.402. The molecule has 1 unspecified atom stereocenters. The van der Waals surface area contributed by atoms with Gasteiger partial charge in [0.1, 0.15) is 0 Å². The zero-order valence-electron chi connectivity index (χ0n) is 4.74. The van der Waals surface area contributed by atoms with E-state index >= 15 is 0 Å². The van der Waals surface area contributed by atoms with Gasteiger partial charge in [-0.25, -0.2) is 4.18 Å². The van der Waals surface area contributed by atoms with Gasteiger partial charge in [-0.05, 0) is 6.92 Å². The Morgan fingerprint density at radius 3 is 2.33 bits per heavy atom. The first-order valence-electron chi connectivity index (χ1n) is 2.19. The van der Waals surface area contributed by atoms with E-state index in [1.54, 1.807) is 0 Å². The quantitative estimate of drug-likeness (QED) is 0.567. The van der Waals surface area contributed by atoms with Crippen LogP contribution in [0.5, 0.6) is 0 Å². The number of hydrogen-bond donors (Lipinski definition) is 1. The van der Waals surface area contributed by atoms with E-state index in [-0.39, 0.29) is 0 Å². The Kier molecular flexibility index (Phi) is 3.02. The van der Waals surface area contributed by atoms with Crippen LogP contribution in [0.1, 0.15) is 6.92 Å². The predicted molar refractivity (Wildman–Crippen MR) is 27.7 cm³/mol. The molecule has 0 radical (unpaired) electrons. The summed E-state index contributed by atoms with van der Waals surface area (Å²) in [5, 5.41) is 8.14. The molecule has 4 nitrogen and oxygen atoms in total. The van der Waals surface area contributed by atoms with Gasteiger partial charge in [0.05, 0.1) is 12.7 Å². The van der Waals surface area contributed by atoms with Crippen molar-refractivity contribution in [3.8, 4) is 0 Å². The molecule has 0 spiro atoms. The fourth-order valence-corrected chi connectivity index (χ4v) is 0.680. The average molecular weight is 158 g/mol. The summed E-state index contributed by atoms with van der Waals surface area (Å²) in [5.41, 5.74) is 0. The lowest BCUT2D eigenvalue weighted by Crippen LogP contribution is -2.15. The third-order valence-electron chi connectivity index (χ3n) is 0.536. The summed E-state index contributed by atoms with van der Waals surface area (Å²) < 4.78 is 34.3. The molecular weight excluding hydrogens is 151 g/mol. The highest BCUT2D eigenvalue weighted by Crippen LogP contribution is 1.98. The summed E-state index contributed by atoms with van der Waals surface area (Å²) in [5.74, 6) is 0. The second-order valence-electron chi connectivity index (χ2n) is 1.48. The van der Waals surface area contributed by atoms with Crippen LogP contribution in [0.4, 0.5) is 3.89 Å². The zero-order chi connectivity index (χ0) is 7.49. The summed E-state index contributed by atoms with van der Waals surface area (Å²) >= 11 is 0. The monoisotopic (exact) mass is 158 g/mol. The molecule has 0 aliphatic carbocycles. The Hall–Kier alpha value is -0.200. The Labute approximate surface area is 52.7 Å².